The highest BCUT2D eigenvalue weighted by Gasteiger charge is 2.22. The largest absolute Gasteiger partial charge is 0.270 e. The van der Waals surface area contributed by atoms with E-state index >= 15 is 0 Å². The molecule has 9 heavy (non-hydrogen) atoms. The molecule has 0 unspecified atom stereocenters. The molecule has 0 radical (unpaired) electrons. The van der Waals surface area contributed by atoms with Crippen LogP contribution in [0, 0.1) is 0 Å². The average molecular weight is 127 g/mol. The van der Waals surface area contributed by atoms with Gasteiger partial charge in [0.2, 0.25) is 0 Å². The van der Waals surface area contributed by atoms with E-state index in [9.17, 15) is 0 Å². The lowest BCUT2D eigenvalue weighted by molar-refractivity contribution is -0.0158. The van der Waals surface area contributed by atoms with Crippen LogP contribution in [0.3, 0.4) is 0 Å². The van der Waals surface area contributed by atoms with Gasteiger partial charge < -0.3 is 0 Å². The molecule has 0 aromatic heterocycles. The van der Waals surface area contributed by atoms with Crippen molar-refractivity contribution in [1.29, 1.82) is 0 Å². The summed E-state index contributed by atoms with van der Waals surface area (Å²) in [5, 5.41) is 0. The van der Waals surface area contributed by atoms with E-state index in [2.05, 4.69) is 18.5 Å². The summed E-state index contributed by atoms with van der Waals surface area (Å²) < 4.78 is 0. The van der Waals surface area contributed by atoms with Gasteiger partial charge in [-0.25, -0.2) is 0 Å². The molecule has 1 aliphatic heterocycles. The molecular weight excluding hydrogens is 114 g/mol. The van der Waals surface area contributed by atoms with E-state index in [0.29, 0.717) is 0 Å². The fourth-order valence-electron chi connectivity index (χ4n) is 0.850. The van der Waals surface area contributed by atoms with Gasteiger partial charge in [-0.05, 0) is 26.3 Å². The SMILES string of the molecule is CCC1=CC(C)(C)ON1. The molecule has 0 atom stereocenters. The van der Waals surface area contributed by atoms with Crippen LogP contribution in [0.25, 0.3) is 0 Å². The molecule has 0 aromatic rings. The van der Waals surface area contributed by atoms with Gasteiger partial charge in [0.05, 0.1) is 0 Å². The summed E-state index contributed by atoms with van der Waals surface area (Å²) in [6, 6.07) is 0. The predicted octanol–water partition coefficient (Wildman–Crippen LogP) is 1.59. The van der Waals surface area contributed by atoms with Crippen LogP contribution in [0.2, 0.25) is 0 Å². The van der Waals surface area contributed by atoms with Gasteiger partial charge in [0.15, 0.2) is 0 Å². The molecule has 1 aliphatic rings. The van der Waals surface area contributed by atoms with Crippen molar-refractivity contribution >= 4 is 0 Å². The molecule has 0 bridgehead atoms. The zero-order valence-corrected chi connectivity index (χ0v) is 6.19. The lowest BCUT2D eigenvalue weighted by Crippen LogP contribution is -2.20. The molecule has 2 nitrogen and oxygen atoms in total. The number of rotatable bonds is 1. The standard InChI is InChI=1S/C7H13NO/c1-4-6-5-7(2,3)9-8-6/h5,8H,4H2,1-3H3. The van der Waals surface area contributed by atoms with Gasteiger partial charge in [-0.3, -0.25) is 10.3 Å². The maximum Gasteiger partial charge on any atom is 0.110 e. The molecule has 0 saturated carbocycles. The normalized spacial score (nSPS) is 23.2. The first-order chi connectivity index (χ1) is 4.14. The second-order valence-electron chi connectivity index (χ2n) is 2.83. The molecule has 1 N–H and O–H groups in total. The van der Waals surface area contributed by atoms with Crippen LogP contribution in [0.5, 0.6) is 0 Å². The van der Waals surface area contributed by atoms with E-state index in [1.54, 1.807) is 0 Å². The summed E-state index contributed by atoms with van der Waals surface area (Å²) in [6.45, 7) is 6.16. The molecule has 0 saturated heterocycles. The Morgan fingerprint density at radius 3 is 2.56 bits per heavy atom. The minimum absolute atomic E-state index is 0.106. The Bertz CT molecular complexity index is 138. The number of hydrogen-bond acceptors (Lipinski definition) is 2. The summed E-state index contributed by atoms with van der Waals surface area (Å²) in [4.78, 5) is 5.20. The zero-order chi connectivity index (χ0) is 6.91. The maximum atomic E-state index is 5.20. The monoisotopic (exact) mass is 127 g/mol. The number of nitrogens with one attached hydrogen (secondary N) is 1. The summed E-state index contributed by atoms with van der Waals surface area (Å²) in [5.41, 5.74) is 3.93. The van der Waals surface area contributed by atoms with Crippen LogP contribution in [-0.2, 0) is 4.84 Å². The molecule has 1 rings (SSSR count). The van der Waals surface area contributed by atoms with Crippen LogP contribution in [0.1, 0.15) is 27.2 Å². The van der Waals surface area contributed by atoms with E-state index in [1.165, 1.54) is 5.70 Å². The van der Waals surface area contributed by atoms with Gasteiger partial charge in [-0.15, -0.1) is 0 Å². The van der Waals surface area contributed by atoms with Crippen molar-refractivity contribution in [2.75, 3.05) is 0 Å². The van der Waals surface area contributed by atoms with Gasteiger partial charge in [0.25, 0.3) is 0 Å². The fourth-order valence-corrected chi connectivity index (χ4v) is 0.850. The number of hydroxylamine groups is 1. The van der Waals surface area contributed by atoms with Crippen LogP contribution in [0.4, 0.5) is 0 Å². The highest BCUT2D eigenvalue weighted by Crippen LogP contribution is 2.19. The highest BCUT2D eigenvalue weighted by atomic mass is 16.7. The Kier molecular flexibility index (Phi) is 1.49. The molecule has 2 heteroatoms. The van der Waals surface area contributed by atoms with Crippen LogP contribution < -0.4 is 5.48 Å². The van der Waals surface area contributed by atoms with Crippen molar-refractivity contribution in [3.8, 4) is 0 Å². The van der Waals surface area contributed by atoms with Crippen molar-refractivity contribution in [3.05, 3.63) is 11.8 Å². The summed E-state index contributed by atoms with van der Waals surface area (Å²) in [6.07, 6.45) is 3.12. The fraction of sp³-hybridized carbons (Fsp3) is 0.714. The quantitative estimate of drug-likeness (QED) is 0.577. The minimum Gasteiger partial charge on any atom is -0.270 e. The predicted molar refractivity (Wildman–Crippen MR) is 36.7 cm³/mol. The van der Waals surface area contributed by atoms with Crippen molar-refractivity contribution in [2.45, 2.75) is 32.8 Å². The number of allylic oxidation sites excluding steroid dienone is 1. The molecule has 52 valence electrons. The number of hydrogen-bond donors (Lipinski definition) is 1. The molecule has 0 fully saturated rings. The third-order valence-electron chi connectivity index (χ3n) is 1.35. The van der Waals surface area contributed by atoms with Gasteiger partial charge in [0, 0.05) is 5.70 Å². The summed E-state index contributed by atoms with van der Waals surface area (Å²) in [5.74, 6) is 0. The lowest BCUT2D eigenvalue weighted by atomic mass is 10.1. The van der Waals surface area contributed by atoms with Gasteiger partial charge in [-0.2, -0.15) is 0 Å². The van der Waals surface area contributed by atoms with E-state index in [0.717, 1.165) is 6.42 Å². The smallest absolute Gasteiger partial charge is 0.110 e. The van der Waals surface area contributed by atoms with E-state index in [4.69, 9.17) is 4.84 Å². The van der Waals surface area contributed by atoms with Gasteiger partial charge >= 0.3 is 0 Å². The van der Waals surface area contributed by atoms with Gasteiger partial charge in [0.1, 0.15) is 5.60 Å². The van der Waals surface area contributed by atoms with Crippen molar-refractivity contribution in [1.82, 2.24) is 5.48 Å². The maximum absolute atomic E-state index is 5.20. The topological polar surface area (TPSA) is 21.3 Å². The van der Waals surface area contributed by atoms with Crippen LogP contribution in [0.15, 0.2) is 11.8 Å². The molecule has 0 spiro atoms. The minimum atomic E-state index is -0.106. The van der Waals surface area contributed by atoms with Crippen LogP contribution in [-0.4, -0.2) is 5.60 Å². The second-order valence-corrected chi connectivity index (χ2v) is 2.83. The van der Waals surface area contributed by atoms with Crippen molar-refractivity contribution in [3.63, 3.8) is 0 Å². The van der Waals surface area contributed by atoms with E-state index in [1.807, 2.05) is 13.8 Å². The first-order valence-electron chi connectivity index (χ1n) is 3.30. The third-order valence-corrected chi connectivity index (χ3v) is 1.35. The second kappa shape index (κ2) is 2.03. The Balaban J connectivity index is 2.61. The van der Waals surface area contributed by atoms with Crippen molar-refractivity contribution < 1.29 is 4.84 Å². The first kappa shape index (κ1) is 6.62. The Hall–Kier alpha value is -0.500. The third kappa shape index (κ3) is 1.45. The lowest BCUT2D eigenvalue weighted by Gasteiger charge is -2.11. The summed E-state index contributed by atoms with van der Waals surface area (Å²) >= 11 is 0. The summed E-state index contributed by atoms with van der Waals surface area (Å²) in [7, 11) is 0. The Morgan fingerprint density at radius 2 is 2.33 bits per heavy atom. The molecule has 0 aromatic carbocycles. The van der Waals surface area contributed by atoms with Crippen molar-refractivity contribution in [2.24, 2.45) is 0 Å². The van der Waals surface area contributed by atoms with Gasteiger partial charge in [-0.1, -0.05) is 6.92 Å². The zero-order valence-electron chi connectivity index (χ0n) is 6.19. The Labute approximate surface area is 55.9 Å². The Morgan fingerprint density at radius 1 is 1.67 bits per heavy atom. The molecule has 0 aliphatic carbocycles. The molecule has 0 amide bonds. The molecular formula is C7H13NO. The average Bonchev–Trinajstić information content (AvgIpc) is 2.10. The highest BCUT2D eigenvalue weighted by molar-refractivity contribution is 5.09. The first-order valence-corrected chi connectivity index (χ1v) is 3.30. The molecule has 1 heterocycles. The van der Waals surface area contributed by atoms with E-state index in [-0.39, 0.29) is 5.60 Å². The van der Waals surface area contributed by atoms with Crippen LogP contribution >= 0.6 is 0 Å². The van der Waals surface area contributed by atoms with E-state index < -0.39 is 0 Å².